The Kier molecular flexibility index (Phi) is 6.65. The third-order valence-corrected chi connectivity index (χ3v) is 4.03. The predicted octanol–water partition coefficient (Wildman–Crippen LogP) is 1.27. The number of carbonyl (C=O) groups excluding carboxylic acids is 3. The normalized spacial score (nSPS) is 14.6. The van der Waals surface area contributed by atoms with Crippen molar-refractivity contribution < 1.29 is 24.0 Å². The summed E-state index contributed by atoms with van der Waals surface area (Å²) in [5.74, 6) is -1.23. The number of nitrogens with zero attached hydrogens (tertiary/aromatic N) is 2. The molecule has 1 saturated heterocycles. The van der Waals surface area contributed by atoms with Gasteiger partial charge in [-0.1, -0.05) is 0 Å². The van der Waals surface area contributed by atoms with Gasteiger partial charge in [0.1, 0.15) is 0 Å². The number of amides is 2. The fourth-order valence-corrected chi connectivity index (χ4v) is 2.62. The van der Waals surface area contributed by atoms with Crippen LogP contribution in [-0.4, -0.2) is 53.3 Å². The number of hydrogen-bond donors (Lipinski definition) is 1. The maximum atomic E-state index is 12.1. The van der Waals surface area contributed by atoms with Crippen molar-refractivity contribution in [3.63, 3.8) is 0 Å². The second-order valence-electron chi connectivity index (χ2n) is 5.97. The highest BCUT2D eigenvalue weighted by molar-refractivity contribution is 5.94. The smallest absolute Gasteiger partial charge is 0.308 e. The molecule has 0 aromatic heterocycles. The largest absolute Gasteiger partial charge is 0.452 e. The highest BCUT2D eigenvalue weighted by Gasteiger charge is 2.25. The average Bonchev–Trinajstić information content (AvgIpc) is 3.15. The third-order valence-electron chi connectivity index (χ3n) is 4.03. The molecule has 0 unspecified atom stereocenters. The Morgan fingerprint density at radius 2 is 1.85 bits per heavy atom. The van der Waals surface area contributed by atoms with Crippen LogP contribution in [0.15, 0.2) is 24.3 Å². The zero-order valence-electron chi connectivity index (χ0n) is 14.5. The van der Waals surface area contributed by atoms with E-state index in [-0.39, 0.29) is 30.1 Å². The van der Waals surface area contributed by atoms with E-state index in [2.05, 4.69) is 5.32 Å². The first-order valence-corrected chi connectivity index (χ1v) is 8.39. The van der Waals surface area contributed by atoms with Crippen LogP contribution in [0.4, 0.5) is 5.69 Å². The molecule has 1 aliphatic rings. The summed E-state index contributed by atoms with van der Waals surface area (Å²) in [6, 6.07) is 5.13. The molecule has 1 atom stereocenters. The number of benzene rings is 1. The minimum atomic E-state index is -0.842. The van der Waals surface area contributed by atoms with Gasteiger partial charge in [-0.05, 0) is 31.9 Å². The Balaban J connectivity index is 1.72. The average molecular weight is 363 g/mol. The van der Waals surface area contributed by atoms with Crippen LogP contribution in [-0.2, 0) is 14.3 Å². The number of rotatable bonds is 7. The van der Waals surface area contributed by atoms with Crippen molar-refractivity contribution in [2.45, 2.75) is 32.3 Å². The van der Waals surface area contributed by atoms with E-state index in [0.717, 1.165) is 12.8 Å². The Hall–Kier alpha value is -2.97. The van der Waals surface area contributed by atoms with Gasteiger partial charge in [-0.25, -0.2) is 0 Å². The first-order chi connectivity index (χ1) is 12.4. The van der Waals surface area contributed by atoms with Gasteiger partial charge in [0.15, 0.2) is 6.10 Å². The molecule has 0 spiro atoms. The highest BCUT2D eigenvalue weighted by atomic mass is 16.6. The maximum Gasteiger partial charge on any atom is 0.308 e. The monoisotopic (exact) mass is 363 g/mol. The molecule has 0 radical (unpaired) electrons. The zero-order chi connectivity index (χ0) is 19.1. The summed E-state index contributed by atoms with van der Waals surface area (Å²) in [7, 11) is 0. The zero-order valence-corrected chi connectivity index (χ0v) is 14.5. The Morgan fingerprint density at radius 1 is 1.23 bits per heavy atom. The molecule has 2 rings (SSSR count). The van der Waals surface area contributed by atoms with E-state index < -0.39 is 22.9 Å². The van der Waals surface area contributed by atoms with E-state index in [1.54, 1.807) is 4.90 Å². The molecule has 26 heavy (non-hydrogen) atoms. The highest BCUT2D eigenvalue weighted by Crippen LogP contribution is 2.12. The summed E-state index contributed by atoms with van der Waals surface area (Å²) in [6.45, 7) is 2.95. The van der Waals surface area contributed by atoms with Crippen LogP contribution in [0, 0.1) is 10.1 Å². The molecular formula is C17H21N3O6. The van der Waals surface area contributed by atoms with Crippen LogP contribution in [0.2, 0.25) is 0 Å². The van der Waals surface area contributed by atoms with Crippen LogP contribution in [0.3, 0.4) is 0 Å². The molecule has 1 aromatic carbocycles. The van der Waals surface area contributed by atoms with Crippen molar-refractivity contribution in [2.24, 2.45) is 0 Å². The van der Waals surface area contributed by atoms with Gasteiger partial charge in [-0.15, -0.1) is 0 Å². The summed E-state index contributed by atoms with van der Waals surface area (Å²) >= 11 is 0. The number of likely N-dealkylation sites (tertiary alicyclic amines) is 1. The van der Waals surface area contributed by atoms with E-state index in [1.807, 2.05) is 0 Å². The number of hydrogen-bond acceptors (Lipinski definition) is 6. The van der Waals surface area contributed by atoms with E-state index in [9.17, 15) is 24.5 Å². The fraction of sp³-hybridized carbons (Fsp3) is 0.471. The number of non-ortho nitro benzene ring substituents is 1. The van der Waals surface area contributed by atoms with Gasteiger partial charge in [0.2, 0.25) is 0 Å². The van der Waals surface area contributed by atoms with Crippen molar-refractivity contribution >= 4 is 23.5 Å². The molecule has 0 bridgehead atoms. The Bertz CT molecular complexity index is 682. The summed E-state index contributed by atoms with van der Waals surface area (Å²) in [5, 5.41) is 13.1. The quantitative estimate of drug-likeness (QED) is 0.443. The Morgan fingerprint density at radius 3 is 2.42 bits per heavy atom. The number of nitro groups is 1. The van der Waals surface area contributed by atoms with Crippen molar-refractivity contribution in [3.05, 3.63) is 39.9 Å². The molecule has 0 aliphatic carbocycles. The van der Waals surface area contributed by atoms with Gasteiger partial charge < -0.3 is 15.0 Å². The van der Waals surface area contributed by atoms with Gasteiger partial charge in [0.25, 0.3) is 17.5 Å². The van der Waals surface area contributed by atoms with Gasteiger partial charge in [0.05, 0.1) is 11.3 Å². The van der Waals surface area contributed by atoms with Crippen LogP contribution in [0.5, 0.6) is 0 Å². The molecule has 2 amide bonds. The first kappa shape index (κ1) is 19.4. The molecule has 1 fully saturated rings. The number of nitro benzene ring substituents is 1. The number of carbonyl (C=O) groups is 3. The Labute approximate surface area is 150 Å². The predicted molar refractivity (Wildman–Crippen MR) is 91.4 cm³/mol. The molecule has 140 valence electrons. The van der Waals surface area contributed by atoms with Crippen molar-refractivity contribution in [3.8, 4) is 0 Å². The number of nitrogens with one attached hydrogen (secondary N) is 1. The van der Waals surface area contributed by atoms with Crippen LogP contribution < -0.4 is 5.32 Å². The van der Waals surface area contributed by atoms with Crippen LogP contribution >= 0.6 is 0 Å². The van der Waals surface area contributed by atoms with E-state index >= 15 is 0 Å². The molecule has 1 aromatic rings. The minimum Gasteiger partial charge on any atom is -0.452 e. The second-order valence-corrected chi connectivity index (χ2v) is 5.97. The van der Waals surface area contributed by atoms with E-state index in [4.69, 9.17) is 4.74 Å². The van der Waals surface area contributed by atoms with Crippen molar-refractivity contribution in [1.29, 1.82) is 0 Å². The minimum absolute atomic E-state index is 0.0410. The molecule has 1 heterocycles. The van der Waals surface area contributed by atoms with E-state index in [1.165, 1.54) is 31.2 Å². The number of ether oxygens (including phenoxy) is 1. The summed E-state index contributed by atoms with van der Waals surface area (Å²) in [6.07, 6.45) is 1.00. The van der Waals surface area contributed by atoms with Gasteiger partial charge in [-0.3, -0.25) is 24.5 Å². The molecule has 9 nitrogen and oxygen atoms in total. The lowest BCUT2D eigenvalue weighted by Gasteiger charge is -2.20. The summed E-state index contributed by atoms with van der Waals surface area (Å²) in [5.41, 5.74) is 0.142. The van der Waals surface area contributed by atoms with Gasteiger partial charge >= 0.3 is 5.97 Å². The standard InChI is InChI=1S/C17H21N3O6/c1-12(17(23)19-10-2-3-11-19)26-15(21)8-9-18-16(22)13-4-6-14(7-5-13)20(24)25/h4-7,12H,2-3,8-11H2,1H3,(H,18,22)/t12-/m1/s1. The van der Waals surface area contributed by atoms with E-state index in [0.29, 0.717) is 13.1 Å². The summed E-state index contributed by atoms with van der Waals surface area (Å²) in [4.78, 5) is 47.5. The molecule has 1 N–H and O–H groups in total. The fourth-order valence-electron chi connectivity index (χ4n) is 2.62. The SMILES string of the molecule is C[C@@H](OC(=O)CCNC(=O)c1ccc([N+](=O)[O-])cc1)C(=O)N1CCCC1. The van der Waals surface area contributed by atoms with Crippen LogP contribution in [0.25, 0.3) is 0 Å². The topological polar surface area (TPSA) is 119 Å². The molecule has 9 heteroatoms. The third kappa shape index (κ3) is 5.27. The van der Waals surface area contributed by atoms with Crippen LogP contribution in [0.1, 0.15) is 36.5 Å². The van der Waals surface area contributed by atoms with Gasteiger partial charge in [-0.2, -0.15) is 0 Å². The lowest BCUT2D eigenvalue weighted by Crippen LogP contribution is -2.38. The maximum absolute atomic E-state index is 12.1. The second kappa shape index (κ2) is 8.93. The van der Waals surface area contributed by atoms with Crippen molar-refractivity contribution in [2.75, 3.05) is 19.6 Å². The molecule has 0 saturated carbocycles. The number of esters is 1. The van der Waals surface area contributed by atoms with Crippen molar-refractivity contribution in [1.82, 2.24) is 10.2 Å². The molecular weight excluding hydrogens is 342 g/mol. The summed E-state index contributed by atoms with van der Waals surface area (Å²) < 4.78 is 5.10. The molecule has 1 aliphatic heterocycles. The first-order valence-electron chi connectivity index (χ1n) is 8.39. The van der Waals surface area contributed by atoms with Gasteiger partial charge in [0, 0.05) is 37.3 Å². The lowest BCUT2D eigenvalue weighted by atomic mass is 10.2. The lowest BCUT2D eigenvalue weighted by molar-refractivity contribution is -0.384.